The zero-order valence-electron chi connectivity index (χ0n) is 24.9. The summed E-state index contributed by atoms with van der Waals surface area (Å²) >= 11 is 0. The van der Waals surface area contributed by atoms with E-state index in [4.69, 9.17) is 0 Å². The number of allylic oxidation sites excluding steroid dienone is 5. The quantitative estimate of drug-likeness (QED) is 0.156. The molecule has 224 valence electrons. The van der Waals surface area contributed by atoms with Gasteiger partial charge in [-0.15, -0.1) is 0 Å². The summed E-state index contributed by atoms with van der Waals surface area (Å²) in [5.74, 6) is -6.16. The minimum absolute atomic E-state index is 0.0128. The molecule has 0 aliphatic carbocycles. The number of aliphatic hydroxyl groups is 3. The van der Waals surface area contributed by atoms with E-state index in [1.165, 1.54) is 41.5 Å². The molecule has 9 heteroatoms. The van der Waals surface area contributed by atoms with E-state index in [-0.39, 0.29) is 33.4 Å². The summed E-state index contributed by atoms with van der Waals surface area (Å²) in [7, 11) is 0. The second-order valence-corrected chi connectivity index (χ2v) is 11.0. The van der Waals surface area contributed by atoms with E-state index in [0.717, 1.165) is 0 Å². The van der Waals surface area contributed by atoms with Crippen molar-refractivity contribution in [3.8, 4) is 0 Å². The minimum Gasteiger partial charge on any atom is -0.393 e. The molecule has 0 saturated heterocycles. The van der Waals surface area contributed by atoms with Crippen LogP contribution in [0.5, 0.6) is 0 Å². The molecule has 0 aromatic rings. The first kappa shape index (κ1) is 37.3. The minimum atomic E-state index is -3.15. The van der Waals surface area contributed by atoms with E-state index < -0.39 is 83.1 Å². The van der Waals surface area contributed by atoms with E-state index in [2.05, 4.69) is 39.5 Å². The summed E-state index contributed by atoms with van der Waals surface area (Å²) in [6, 6.07) is 0. The van der Waals surface area contributed by atoms with Crippen molar-refractivity contribution in [3.05, 3.63) is 72.9 Å². The van der Waals surface area contributed by atoms with E-state index in [0.29, 0.717) is 0 Å². The fourth-order valence-corrected chi connectivity index (χ4v) is 4.91. The number of hydrogen-bond acceptors (Lipinski definition) is 9. The molecular weight excluding hydrogens is 528 g/mol. The van der Waals surface area contributed by atoms with Gasteiger partial charge in [-0.2, -0.15) is 0 Å². The van der Waals surface area contributed by atoms with Crippen LogP contribution < -0.4 is 0 Å². The molecule has 0 aromatic carbocycles. The molecule has 9 nitrogen and oxygen atoms in total. The number of aliphatic hydroxyl groups excluding tert-OH is 2. The van der Waals surface area contributed by atoms with Crippen LogP contribution in [-0.4, -0.2) is 68.3 Å². The smallest absolute Gasteiger partial charge is 0.193 e. The first-order valence-electron chi connectivity index (χ1n) is 12.7. The summed E-state index contributed by atoms with van der Waals surface area (Å²) in [6.07, 6.45) is -4.65. The summed E-state index contributed by atoms with van der Waals surface area (Å²) in [5, 5.41) is 33.4. The lowest BCUT2D eigenvalue weighted by Crippen LogP contribution is -2.66. The molecule has 0 spiro atoms. The van der Waals surface area contributed by atoms with Crippen molar-refractivity contribution in [2.45, 2.75) is 72.5 Å². The van der Waals surface area contributed by atoms with E-state index in [9.17, 15) is 44.1 Å². The molecule has 0 fully saturated rings. The molecule has 0 aromatic heterocycles. The average Bonchev–Trinajstić information content (AvgIpc) is 2.87. The maximum Gasteiger partial charge on any atom is 0.193 e. The van der Waals surface area contributed by atoms with Crippen molar-refractivity contribution in [3.63, 3.8) is 0 Å². The first-order chi connectivity index (χ1) is 18.5. The van der Waals surface area contributed by atoms with Crippen molar-refractivity contribution in [1.82, 2.24) is 0 Å². The second-order valence-electron chi connectivity index (χ2n) is 11.0. The van der Waals surface area contributed by atoms with E-state index in [1.54, 1.807) is 0 Å². The highest BCUT2D eigenvalue weighted by molar-refractivity contribution is 6.24. The predicted octanol–water partition coefficient (Wildman–Crippen LogP) is 3.09. The Morgan fingerprint density at radius 3 is 1.20 bits per heavy atom. The predicted molar refractivity (Wildman–Crippen MR) is 156 cm³/mol. The third-order valence-corrected chi connectivity index (χ3v) is 6.96. The Morgan fingerprint density at radius 2 is 0.927 bits per heavy atom. The van der Waals surface area contributed by atoms with Gasteiger partial charge in [0.15, 0.2) is 40.3 Å². The molecule has 0 aliphatic rings. The van der Waals surface area contributed by atoms with Gasteiger partial charge in [0.1, 0.15) is 10.8 Å². The molecule has 3 N–H and O–H groups in total. The summed E-state index contributed by atoms with van der Waals surface area (Å²) in [5.41, 5.74) is -9.54. The summed E-state index contributed by atoms with van der Waals surface area (Å²) in [4.78, 5) is 80.6. The number of carbonyl (C=O) groups is 6. The molecule has 0 aliphatic heterocycles. The van der Waals surface area contributed by atoms with Crippen molar-refractivity contribution < 1.29 is 44.1 Å². The van der Waals surface area contributed by atoms with Gasteiger partial charge in [-0.1, -0.05) is 39.5 Å². The molecule has 0 amide bonds. The highest BCUT2D eigenvalue weighted by atomic mass is 16.3. The van der Waals surface area contributed by atoms with Gasteiger partial charge in [0.2, 0.25) is 0 Å². The van der Waals surface area contributed by atoms with Crippen LogP contribution in [0.4, 0.5) is 0 Å². The lowest BCUT2D eigenvalue weighted by atomic mass is 9.57. The number of Topliss-reactive ketones (excluding diaryl/α,β-unsaturated/α-hetero) is 6. The van der Waals surface area contributed by atoms with Crippen molar-refractivity contribution >= 4 is 34.7 Å². The van der Waals surface area contributed by atoms with Crippen LogP contribution in [-0.2, 0) is 28.8 Å². The molecular formula is C32H42O9. The van der Waals surface area contributed by atoms with Gasteiger partial charge in [0, 0.05) is 6.42 Å². The Balaban J connectivity index is 7.74. The maximum atomic E-state index is 13.7. The zero-order chi connectivity index (χ0) is 32.8. The van der Waals surface area contributed by atoms with Crippen LogP contribution in [0, 0.1) is 10.8 Å². The number of rotatable bonds is 19. The van der Waals surface area contributed by atoms with Crippen LogP contribution in [0.1, 0.15) is 60.8 Å². The fourth-order valence-electron chi connectivity index (χ4n) is 4.91. The van der Waals surface area contributed by atoms with E-state index >= 15 is 0 Å². The number of hydrogen-bond donors (Lipinski definition) is 3. The molecule has 0 saturated carbocycles. The Hall–Kier alpha value is -3.66. The van der Waals surface area contributed by atoms with Crippen molar-refractivity contribution in [2.75, 3.05) is 6.61 Å². The molecule has 0 rings (SSSR count). The van der Waals surface area contributed by atoms with Gasteiger partial charge >= 0.3 is 0 Å². The molecule has 2 unspecified atom stereocenters. The number of ketones is 6. The standard InChI is InChI=1S/C32H42O9/c1-17(2)24(35)15-30(25(36)18(3)4,26(37)19(5)6)13-23(34)14-31(27(38)20(7)8,28(39)21(9)10)32(41,16-33)29(40)22(11)12/h23,33-34,41H,1,3,5,7,9,11,13-16H2,2,4,6,8,10,12H3. The zero-order valence-corrected chi connectivity index (χ0v) is 24.9. The van der Waals surface area contributed by atoms with E-state index in [1.807, 2.05) is 0 Å². The molecule has 2 atom stereocenters. The Kier molecular flexibility index (Phi) is 12.6. The SMILES string of the molecule is C=C(C)C(=O)CC(CC(O)CC(C(=O)C(=C)C)(C(=O)C(=C)C)C(O)(CO)C(=O)C(=C)C)(C(=O)C(=C)C)C(=O)C(=C)C. The number of carbonyl (C=O) groups excluding carboxylic acids is 6. The first-order valence-corrected chi connectivity index (χ1v) is 12.7. The third kappa shape index (κ3) is 7.16. The third-order valence-electron chi connectivity index (χ3n) is 6.96. The Bertz CT molecular complexity index is 1210. The molecule has 0 heterocycles. The molecule has 0 radical (unpaired) electrons. The second kappa shape index (κ2) is 13.8. The Morgan fingerprint density at radius 1 is 0.585 bits per heavy atom. The Labute approximate surface area is 241 Å². The van der Waals surface area contributed by atoms with Crippen LogP contribution in [0.15, 0.2) is 72.9 Å². The largest absolute Gasteiger partial charge is 0.393 e. The average molecular weight is 571 g/mol. The van der Waals surface area contributed by atoms with Crippen molar-refractivity contribution in [2.24, 2.45) is 10.8 Å². The van der Waals surface area contributed by atoms with Crippen molar-refractivity contribution in [1.29, 1.82) is 0 Å². The summed E-state index contributed by atoms with van der Waals surface area (Å²) < 4.78 is 0. The highest BCUT2D eigenvalue weighted by Gasteiger charge is 2.65. The van der Waals surface area contributed by atoms with Gasteiger partial charge < -0.3 is 15.3 Å². The van der Waals surface area contributed by atoms with Gasteiger partial charge in [0.25, 0.3) is 0 Å². The van der Waals surface area contributed by atoms with Crippen LogP contribution in [0.3, 0.4) is 0 Å². The molecule has 0 bridgehead atoms. The topological polar surface area (TPSA) is 163 Å². The normalized spacial score (nSPS) is 13.7. The van der Waals surface area contributed by atoms with Crippen LogP contribution >= 0.6 is 0 Å². The van der Waals surface area contributed by atoms with Crippen LogP contribution in [0.2, 0.25) is 0 Å². The monoisotopic (exact) mass is 570 g/mol. The van der Waals surface area contributed by atoms with Gasteiger partial charge in [-0.25, -0.2) is 0 Å². The lowest BCUT2D eigenvalue weighted by molar-refractivity contribution is -0.176. The van der Waals surface area contributed by atoms with Gasteiger partial charge in [0.05, 0.1) is 12.7 Å². The summed E-state index contributed by atoms with van der Waals surface area (Å²) in [6.45, 7) is 27.4. The van der Waals surface area contributed by atoms with Crippen LogP contribution in [0.25, 0.3) is 0 Å². The van der Waals surface area contributed by atoms with Gasteiger partial charge in [-0.3, -0.25) is 28.8 Å². The fraction of sp³-hybridized carbons (Fsp3) is 0.438. The highest BCUT2D eigenvalue weighted by Crippen LogP contribution is 2.46. The maximum absolute atomic E-state index is 13.7. The lowest BCUT2D eigenvalue weighted by Gasteiger charge is -2.45. The van der Waals surface area contributed by atoms with Gasteiger partial charge in [-0.05, 0) is 87.8 Å². The molecule has 41 heavy (non-hydrogen) atoms.